The summed E-state index contributed by atoms with van der Waals surface area (Å²) in [7, 11) is 0. The highest BCUT2D eigenvalue weighted by molar-refractivity contribution is 5.07. The molecular weight excluding hydrogens is 160 g/mol. The van der Waals surface area contributed by atoms with Crippen molar-refractivity contribution in [3.8, 4) is 0 Å². The fourth-order valence-electron chi connectivity index (χ4n) is 1.42. The smallest absolute Gasteiger partial charge is 0.0312 e. The lowest BCUT2D eigenvalue weighted by Crippen LogP contribution is -2.23. The van der Waals surface area contributed by atoms with Crippen LogP contribution in [0.4, 0.5) is 0 Å². The molecule has 0 aromatic carbocycles. The molecule has 1 heterocycles. The Morgan fingerprint density at radius 3 is 2.77 bits per heavy atom. The molecule has 0 saturated heterocycles. The molecule has 0 amide bonds. The molecule has 1 aromatic rings. The molecule has 0 unspecified atom stereocenters. The van der Waals surface area contributed by atoms with Crippen molar-refractivity contribution in [3.63, 3.8) is 0 Å². The molecule has 13 heavy (non-hydrogen) atoms. The molecule has 0 saturated carbocycles. The van der Waals surface area contributed by atoms with Gasteiger partial charge in [0.1, 0.15) is 0 Å². The van der Waals surface area contributed by atoms with Crippen LogP contribution in [0.25, 0.3) is 0 Å². The van der Waals surface area contributed by atoms with Gasteiger partial charge in [-0.1, -0.05) is 19.9 Å². The van der Waals surface area contributed by atoms with E-state index < -0.39 is 0 Å². The summed E-state index contributed by atoms with van der Waals surface area (Å²) in [6.45, 7) is 7.73. The fraction of sp³-hybridized carbons (Fsp3) is 0.545. The van der Waals surface area contributed by atoms with Gasteiger partial charge < -0.3 is 0 Å². The van der Waals surface area contributed by atoms with Crippen molar-refractivity contribution < 1.29 is 0 Å². The van der Waals surface area contributed by atoms with Crippen LogP contribution in [0.15, 0.2) is 24.5 Å². The number of hydrogen-bond acceptors (Lipinski definition) is 2. The number of aromatic nitrogens is 1. The maximum atomic E-state index is 4.11. The molecule has 0 bridgehead atoms. The lowest BCUT2D eigenvalue weighted by atomic mass is 10.2. The van der Waals surface area contributed by atoms with Gasteiger partial charge in [0, 0.05) is 18.9 Å². The zero-order valence-electron chi connectivity index (χ0n) is 8.53. The molecule has 0 aliphatic rings. The average Bonchev–Trinajstić information content (AvgIpc) is 2.19. The van der Waals surface area contributed by atoms with Crippen molar-refractivity contribution in [2.75, 3.05) is 13.1 Å². The Hall–Kier alpha value is -0.890. The van der Waals surface area contributed by atoms with Gasteiger partial charge in [0.2, 0.25) is 0 Å². The first kappa shape index (κ1) is 10.2. The minimum Gasteiger partial charge on any atom is -0.299 e. The summed E-state index contributed by atoms with van der Waals surface area (Å²) in [4.78, 5) is 6.53. The Labute approximate surface area is 80.6 Å². The van der Waals surface area contributed by atoms with Gasteiger partial charge in [-0.25, -0.2) is 0 Å². The third-order valence-corrected chi connectivity index (χ3v) is 2.12. The second-order valence-corrected chi connectivity index (χ2v) is 3.23. The number of pyridine rings is 1. The lowest BCUT2D eigenvalue weighted by molar-refractivity contribution is 0.280. The van der Waals surface area contributed by atoms with Crippen LogP contribution in [0.2, 0.25) is 0 Å². The maximum Gasteiger partial charge on any atom is 0.0312 e. The Morgan fingerprint density at radius 2 is 2.23 bits per heavy atom. The van der Waals surface area contributed by atoms with Gasteiger partial charge in [0.15, 0.2) is 0 Å². The number of nitrogens with zero attached hydrogens (tertiary/aromatic N) is 2. The van der Waals surface area contributed by atoms with E-state index in [4.69, 9.17) is 0 Å². The van der Waals surface area contributed by atoms with Gasteiger partial charge in [-0.2, -0.15) is 0 Å². The first-order valence-electron chi connectivity index (χ1n) is 4.98. The monoisotopic (exact) mass is 178 g/mol. The molecule has 1 aromatic heterocycles. The Bertz CT molecular complexity index is 221. The largest absolute Gasteiger partial charge is 0.299 e. The molecule has 0 spiro atoms. The van der Waals surface area contributed by atoms with E-state index in [-0.39, 0.29) is 0 Å². The van der Waals surface area contributed by atoms with Crippen molar-refractivity contribution in [2.24, 2.45) is 0 Å². The van der Waals surface area contributed by atoms with Crippen molar-refractivity contribution in [3.05, 3.63) is 30.1 Å². The van der Waals surface area contributed by atoms with E-state index in [1.54, 1.807) is 0 Å². The molecule has 0 N–H and O–H groups in total. The van der Waals surface area contributed by atoms with Crippen LogP contribution in [0.3, 0.4) is 0 Å². The summed E-state index contributed by atoms with van der Waals surface area (Å²) >= 11 is 0. The summed E-state index contributed by atoms with van der Waals surface area (Å²) in [6.07, 6.45) is 4.98. The highest BCUT2D eigenvalue weighted by Crippen LogP contribution is 2.02. The van der Waals surface area contributed by atoms with Gasteiger partial charge >= 0.3 is 0 Å². The molecular formula is C11H18N2. The van der Waals surface area contributed by atoms with Crippen LogP contribution in [-0.2, 0) is 6.54 Å². The summed E-state index contributed by atoms with van der Waals surface area (Å²) < 4.78 is 0. The molecule has 0 radical (unpaired) electrons. The van der Waals surface area contributed by atoms with Crippen molar-refractivity contribution in [1.29, 1.82) is 0 Å². The van der Waals surface area contributed by atoms with Crippen LogP contribution in [0.5, 0.6) is 0 Å². The third kappa shape index (κ3) is 3.55. The highest BCUT2D eigenvalue weighted by Gasteiger charge is 2.01. The molecule has 2 nitrogen and oxygen atoms in total. The summed E-state index contributed by atoms with van der Waals surface area (Å²) in [5, 5.41) is 0. The third-order valence-electron chi connectivity index (χ3n) is 2.12. The van der Waals surface area contributed by atoms with E-state index in [9.17, 15) is 0 Å². The molecule has 0 atom stereocenters. The predicted molar refractivity (Wildman–Crippen MR) is 55.5 cm³/mol. The average molecular weight is 178 g/mol. The van der Waals surface area contributed by atoms with Gasteiger partial charge in [0.25, 0.3) is 0 Å². The van der Waals surface area contributed by atoms with Crippen LogP contribution in [0.1, 0.15) is 25.8 Å². The molecule has 0 aliphatic carbocycles. The van der Waals surface area contributed by atoms with E-state index in [0.29, 0.717) is 0 Å². The minimum atomic E-state index is 1.03. The first-order chi connectivity index (χ1) is 6.36. The molecule has 0 fully saturated rings. The first-order valence-corrected chi connectivity index (χ1v) is 4.98. The van der Waals surface area contributed by atoms with Gasteiger partial charge in [-0.15, -0.1) is 0 Å². The highest BCUT2D eigenvalue weighted by atomic mass is 15.1. The standard InChI is InChI=1S/C11H18N2/c1-3-8-13(4-2)10-11-6-5-7-12-9-11/h5-7,9H,3-4,8,10H2,1-2H3. The molecule has 72 valence electrons. The second-order valence-electron chi connectivity index (χ2n) is 3.23. The zero-order chi connectivity index (χ0) is 9.52. The Morgan fingerprint density at radius 1 is 1.38 bits per heavy atom. The van der Waals surface area contributed by atoms with Crippen LogP contribution >= 0.6 is 0 Å². The van der Waals surface area contributed by atoms with E-state index >= 15 is 0 Å². The van der Waals surface area contributed by atoms with E-state index in [2.05, 4.69) is 29.8 Å². The fourth-order valence-corrected chi connectivity index (χ4v) is 1.42. The molecule has 2 heteroatoms. The van der Waals surface area contributed by atoms with Gasteiger partial charge in [0.05, 0.1) is 0 Å². The second kappa shape index (κ2) is 5.70. The van der Waals surface area contributed by atoms with Crippen molar-refractivity contribution in [1.82, 2.24) is 9.88 Å². The quantitative estimate of drug-likeness (QED) is 0.688. The van der Waals surface area contributed by atoms with Crippen LogP contribution in [0, 0.1) is 0 Å². The maximum absolute atomic E-state index is 4.11. The summed E-state index contributed by atoms with van der Waals surface area (Å²) in [5.74, 6) is 0. The summed E-state index contributed by atoms with van der Waals surface area (Å²) in [5.41, 5.74) is 1.30. The van der Waals surface area contributed by atoms with Gasteiger partial charge in [-0.05, 0) is 31.1 Å². The summed E-state index contributed by atoms with van der Waals surface area (Å²) in [6, 6.07) is 4.13. The van der Waals surface area contributed by atoms with E-state index in [0.717, 1.165) is 13.1 Å². The van der Waals surface area contributed by atoms with Crippen molar-refractivity contribution >= 4 is 0 Å². The lowest BCUT2D eigenvalue weighted by Gasteiger charge is -2.18. The molecule has 0 aliphatic heterocycles. The van der Waals surface area contributed by atoms with Crippen LogP contribution < -0.4 is 0 Å². The van der Waals surface area contributed by atoms with Crippen molar-refractivity contribution in [2.45, 2.75) is 26.8 Å². The SMILES string of the molecule is CCCN(CC)Cc1cccnc1. The van der Waals surface area contributed by atoms with Crippen LogP contribution in [-0.4, -0.2) is 23.0 Å². The van der Waals surface area contributed by atoms with E-state index in [1.165, 1.54) is 18.5 Å². The normalized spacial score (nSPS) is 10.7. The topological polar surface area (TPSA) is 16.1 Å². The molecule has 1 rings (SSSR count). The van der Waals surface area contributed by atoms with E-state index in [1.807, 2.05) is 18.5 Å². The number of hydrogen-bond donors (Lipinski definition) is 0. The predicted octanol–water partition coefficient (Wildman–Crippen LogP) is 2.31. The Kier molecular flexibility index (Phi) is 4.47. The zero-order valence-corrected chi connectivity index (χ0v) is 8.53. The Balaban J connectivity index is 2.46. The minimum absolute atomic E-state index is 1.03. The number of rotatable bonds is 5. The van der Waals surface area contributed by atoms with Gasteiger partial charge in [-0.3, -0.25) is 9.88 Å².